The number of piperidine rings is 1. The van der Waals surface area contributed by atoms with Gasteiger partial charge in [0, 0.05) is 30.6 Å². The third-order valence-corrected chi connectivity index (χ3v) is 6.42. The molecule has 0 atom stereocenters. The zero-order valence-electron chi connectivity index (χ0n) is 17.1. The molecule has 0 spiro atoms. The van der Waals surface area contributed by atoms with Crippen molar-refractivity contribution in [1.29, 1.82) is 0 Å². The molecule has 2 amide bonds. The second kappa shape index (κ2) is 9.71. The standard InChI is InChI=1S/C23H21Cl2FN4O2/c24-19-3-1-2-17(21(19)25)14-30-20(8-11-27-30)28-22(31)15-9-12-29(13-10-15)23(32)16-4-6-18(26)7-5-16/h1-8,11,15H,9-10,12-14H2,(H,28,31). The number of carbonyl (C=O) groups is 2. The molecule has 0 aliphatic carbocycles. The topological polar surface area (TPSA) is 67.2 Å². The van der Waals surface area contributed by atoms with Crippen LogP contribution in [0.15, 0.2) is 54.7 Å². The fourth-order valence-corrected chi connectivity index (χ4v) is 4.12. The van der Waals surface area contributed by atoms with Gasteiger partial charge in [-0.2, -0.15) is 5.10 Å². The number of amides is 2. The van der Waals surface area contributed by atoms with Crippen molar-refractivity contribution in [1.82, 2.24) is 14.7 Å². The van der Waals surface area contributed by atoms with Crippen molar-refractivity contribution in [3.05, 3.63) is 81.7 Å². The Balaban J connectivity index is 1.35. The second-order valence-electron chi connectivity index (χ2n) is 7.65. The van der Waals surface area contributed by atoms with Crippen LogP contribution >= 0.6 is 23.2 Å². The largest absolute Gasteiger partial charge is 0.339 e. The molecular formula is C23H21Cl2FN4O2. The minimum absolute atomic E-state index is 0.113. The van der Waals surface area contributed by atoms with Gasteiger partial charge >= 0.3 is 0 Å². The molecule has 2 aromatic carbocycles. The molecule has 9 heteroatoms. The summed E-state index contributed by atoms with van der Waals surface area (Å²) in [7, 11) is 0. The van der Waals surface area contributed by atoms with Crippen LogP contribution < -0.4 is 5.32 Å². The van der Waals surface area contributed by atoms with Gasteiger partial charge in [0.1, 0.15) is 11.6 Å². The van der Waals surface area contributed by atoms with Crippen molar-refractivity contribution < 1.29 is 14.0 Å². The van der Waals surface area contributed by atoms with Gasteiger partial charge in [-0.1, -0.05) is 35.3 Å². The summed E-state index contributed by atoms with van der Waals surface area (Å²) in [5, 5.41) is 8.13. The van der Waals surface area contributed by atoms with Gasteiger partial charge in [0.15, 0.2) is 0 Å². The Hall–Kier alpha value is -2.90. The third-order valence-electron chi connectivity index (χ3n) is 5.56. The summed E-state index contributed by atoms with van der Waals surface area (Å²) in [5.74, 6) is -0.298. The number of likely N-dealkylation sites (tertiary alicyclic amines) is 1. The molecule has 0 unspecified atom stereocenters. The minimum atomic E-state index is -0.381. The molecule has 2 heterocycles. The van der Waals surface area contributed by atoms with Crippen molar-refractivity contribution in [3.8, 4) is 0 Å². The van der Waals surface area contributed by atoms with E-state index < -0.39 is 0 Å². The normalized spacial score (nSPS) is 14.4. The van der Waals surface area contributed by atoms with E-state index in [1.54, 1.807) is 27.9 Å². The molecule has 1 aromatic heterocycles. The smallest absolute Gasteiger partial charge is 0.253 e. The molecule has 32 heavy (non-hydrogen) atoms. The van der Waals surface area contributed by atoms with Crippen LogP contribution in [0, 0.1) is 11.7 Å². The Morgan fingerprint density at radius 2 is 1.78 bits per heavy atom. The van der Waals surface area contributed by atoms with E-state index in [9.17, 15) is 14.0 Å². The molecule has 0 saturated carbocycles. The van der Waals surface area contributed by atoms with Gasteiger partial charge in [-0.3, -0.25) is 9.59 Å². The van der Waals surface area contributed by atoms with Gasteiger partial charge in [0.05, 0.1) is 22.8 Å². The number of hydrogen-bond donors (Lipinski definition) is 1. The Morgan fingerprint density at radius 1 is 1.06 bits per heavy atom. The van der Waals surface area contributed by atoms with Crippen molar-refractivity contribution in [3.63, 3.8) is 0 Å². The summed E-state index contributed by atoms with van der Waals surface area (Å²) in [4.78, 5) is 27.1. The highest BCUT2D eigenvalue weighted by Crippen LogP contribution is 2.27. The maximum Gasteiger partial charge on any atom is 0.253 e. The number of benzene rings is 2. The zero-order valence-corrected chi connectivity index (χ0v) is 18.6. The molecule has 6 nitrogen and oxygen atoms in total. The van der Waals surface area contributed by atoms with Crippen LogP contribution in [0.1, 0.15) is 28.8 Å². The number of nitrogens with zero attached hydrogens (tertiary/aromatic N) is 3. The van der Waals surface area contributed by atoms with Crippen LogP contribution in [0.4, 0.5) is 10.2 Å². The number of halogens is 3. The number of anilines is 1. The molecule has 0 radical (unpaired) electrons. The Bertz CT molecular complexity index is 1130. The van der Waals surface area contributed by atoms with E-state index in [1.807, 2.05) is 12.1 Å². The van der Waals surface area contributed by atoms with E-state index in [-0.39, 0.29) is 23.5 Å². The van der Waals surface area contributed by atoms with E-state index in [2.05, 4.69) is 10.4 Å². The molecule has 1 aliphatic heterocycles. The maximum absolute atomic E-state index is 13.1. The molecule has 3 aromatic rings. The van der Waals surface area contributed by atoms with E-state index in [1.165, 1.54) is 24.3 Å². The van der Waals surface area contributed by atoms with Gasteiger partial charge in [0.25, 0.3) is 5.91 Å². The highest BCUT2D eigenvalue weighted by molar-refractivity contribution is 6.42. The SMILES string of the molecule is O=C(Nc1ccnn1Cc1cccc(Cl)c1Cl)C1CCN(C(=O)c2ccc(F)cc2)CC1. The van der Waals surface area contributed by atoms with E-state index in [0.717, 1.165) is 5.56 Å². The predicted octanol–water partition coefficient (Wildman–Crippen LogP) is 4.87. The highest BCUT2D eigenvalue weighted by atomic mass is 35.5. The van der Waals surface area contributed by atoms with Crippen molar-refractivity contribution >= 4 is 40.8 Å². The van der Waals surface area contributed by atoms with Crippen LogP contribution in [-0.4, -0.2) is 39.6 Å². The first kappa shape index (κ1) is 22.3. The lowest BCUT2D eigenvalue weighted by Crippen LogP contribution is -2.41. The predicted molar refractivity (Wildman–Crippen MR) is 121 cm³/mol. The molecule has 1 fully saturated rings. The van der Waals surface area contributed by atoms with E-state index in [0.29, 0.717) is 53.9 Å². The van der Waals surface area contributed by atoms with Gasteiger partial charge < -0.3 is 10.2 Å². The first-order chi connectivity index (χ1) is 15.4. The zero-order chi connectivity index (χ0) is 22.7. The van der Waals surface area contributed by atoms with Crippen molar-refractivity contribution in [2.45, 2.75) is 19.4 Å². The molecule has 4 rings (SSSR count). The van der Waals surface area contributed by atoms with Crippen LogP contribution in [0.5, 0.6) is 0 Å². The number of aromatic nitrogens is 2. The third kappa shape index (κ3) is 4.95. The van der Waals surface area contributed by atoms with Gasteiger partial charge in [-0.25, -0.2) is 9.07 Å². The lowest BCUT2D eigenvalue weighted by atomic mass is 9.95. The van der Waals surface area contributed by atoms with Gasteiger partial charge in [0.2, 0.25) is 5.91 Å². The van der Waals surface area contributed by atoms with E-state index in [4.69, 9.17) is 23.2 Å². The van der Waals surface area contributed by atoms with E-state index >= 15 is 0 Å². The van der Waals surface area contributed by atoms with Crippen molar-refractivity contribution in [2.24, 2.45) is 5.92 Å². The summed E-state index contributed by atoms with van der Waals surface area (Å²) in [6, 6.07) is 12.6. The maximum atomic E-state index is 13.1. The lowest BCUT2D eigenvalue weighted by Gasteiger charge is -2.31. The summed E-state index contributed by atoms with van der Waals surface area (Å²) in [5.41, 5.74) is 1.24. The van der Waals surface area contributed by atoms with Crippen molar-refractivity contribution in [2.75, 3.05) is 18.4 Å². The first-order valence-electron chi connectivity index (χ1n) is 10.2. The summed E-state index contributed by atoms with van der Waals surface area (Å²) >= 11 is 12.4. The van der Waals surface area contributed by atoms with Crippen LogP contribution in [0.3, 0.4) is 0 Å². The molecular weight excluding hydrogens is 454 g/mol. The number of nitrogens with one attached hydrogen (secondary N) is 1. The summed E-state index contributed by atoms with van der Waals surface area (Å²) in [6.07, 6.45) is 2.71. The number of carbonyl (C=O) groups excluding carboxylic acids is 2. The molecule has 1 aliphatic rings. The quantitative estimate of drug-likeness (QED) is 0.573. The number of rotatable bonds is 5. The first-order valence-corrected chi connectivity index (χ1v) is 11.0. The molecule has 166 valence electrons. The Labute approximate surface area is 194 Å². The monoisotopic (exact) mass is 474 g/mol. The van der Waals surface area contributed by atoms with Gasteiger partial charge in [-0.05, 0) is 48.7 Å². The average molecular weight is 475 g/mol. The fraction of sp³-hybridized carbons (Fsp3) is 0.261. The van der Waals surface area contributed by atoms with Crippen LogP contribution in [0.25, 0.3) is 0 Å². The second-order valence-corrected chi connectivity index (χ2v) is 8.43. The minimum Gasteiger partial charge on any atom is -0.339 e. The van der Waals surface area contributed by atoms with Gasteiger partial charge in [-0.15, -0.1) is 0 Å². The number of hydrogen-bond acceptors (Lipinski definition) is 3. The Kier molecular flexibility index (Phi) is 6.77. The molecule has 1 saturated heterocycles. The summed E-state index contributed by atoms with van der Waals surface area (Å²) < 4.78 is 14.7. The van der Waals surface area contributed by atoms with Crippen LogP contribution in [0.2, 0.25) is 10.0 Å². The molecule has 0 bridgehead atoms. The fourth-order valence-electron chi connectivity index (χ4n) is 3.74. The Morgan fingerprint density at radius 3 is 2.50 bits per heavy atom. The highest BCUT2D eigenvalue weighted by Gasteiger charge is 2.28. The average Bonchev–Trinajstić information content (AvgIpc) is 3.23. The summed E-state index contributed by atoms with van der Waals surface area (Å²) in [6.45, 7) is 1.30. The van der Waals surface area contributed by atoms with Crippen LogP contribution in [-0.2, 0) is 11.3 Å². The lowest BCUT2D eigenvalue weighted by molar-refractivity contribution is -0.121. The molecule has 1 N–H and O–H groups in total.